The molecule has 0 aliphatic carbocycles. The molecule has 2 N–H and O–H groups in total. The molecule has 0 radical (unpaired) electrons. The molecule has 1 heterocycles. The molecule has 1 aromatic heterocycles. The van der Waals surface area contributed by atoms with Gasteiger partial charge in [-0.2, -0.15) is 0 Å². The number of nitrogens with one attached hydrogen (secondary N) is 1. The summed E-state index contributed by atoms with van der Waals surface area (Å²) in [6.07, 6.45) is 5.45. The lowest BCUT2D eigenvalue weighted by atomic mass is 10.1. The van der Waals surface area contributed by atoms with E-state index in [4.69, 9.17) is 9.52 Å². The standard InChI is InChI=1S/C17H23NO2/c1-14(9-10-17-8-4-12-20-17)18-16-7-2-5-15(13-16)6-3-11-19/h2,4-5,7-8,12-14,18-19H,3,6,9-11H2,1H3. The molecule has 0 amide bonds. The maximum Gasteiger partial charge on any atom is 0.103 e. The Hall–Kier alpha value is -1.74. The summed E-state index contributed by atoms with van der Waals surface area (Å²) in [6, 6.07) is 12.8. The van der Waals surface area contributed by atoms with Gasteiger partial charge in [0.15, 0.2) is 0 Å². The van der Waals surface area contributed by atoms with Crippen molar-refractivity contribution in [3.05, 3.63) is 54.0 Å². The first kappa shape index (κ1) is 14.7. The number of hydrogen-bond acceptors (Lipinski definition) is 3. The van der Waals surface area contributed by atoms with E-state index in [1.54, 1.807) is 6.26 Å². The largest absolute Gasteiger partial charge is 0.469 e. The van der Waals surface area contributed by atoms with Gasteiger partial charge in [-0.3, -0.25) is 0 Å². The van der Waals surface area contributed by atoms with E-state index >= 15 is 0 Å². The van der Waals surface area contributed by atoms with E-state index in [-0.39, 0.29) is 6.61 Å². The van der Waals surface area contributed by atoms with Crippen LogP contribution in [0.3, 0.4) is 0 Å². The van der Waals surface area contributed by atoms with Crippen LogP contribution in [0.15, 0.2) is 47.1 Å². The van der Waals surface area contributed by atoms with Crippen molar-refractivity contribution in [3.63, 3.8) is 0 Å². The summed E-state index contributed by atoms with van der Waals surface area (Å²) in [4.78, 5) is 0. The Labute approximate surface area is 120 Å². The van der Waals surface area contributed by atoms with Crippen LogP contribution >= 0.6 is 0 Å². The van der Waals surface area contributed by atoms with Gasteiger partial charge in [0, 0.05) is 24.8 Å². The highest BCUT2D eigenvalue weighted by Crippen LogP contribution is 2.15. The van der Waals surface area contributed by atoms with Crippen LogP contribution in [0.1, 0.15) is 31.1 Å². The van der Waals surface area contributed by atoms with Gasteiger partial charge in [-0.05, 0) is 56.0 Å². The van der Waals surface area contributed by atoms with Crippen molar-refractivity contribution in [2.45, 2.75) is 38.6 Å². The lowest BCUT2D eigenvalue weighted by Crippen LogP contribution is -2.16. The van der Waals surface area contributed by atoms with Crippen LogP contribution in [0.5, 0.6) is 0 Å². The minimum Gasteiger partial charge on any atom is -0.469 e. The van der Waals surface area contributed by atoms with Gasteiger partial charge in [0.05, 0.1) is 6.26 Å². The van der Waals surface area contributed by atoms with Crippen molar-refractivity contribution in [2.24, 2.45) is 0 Å². The molecule has 3 nitrogen and oxygen atoms in total. The van der Waals surface area contributed by atoms with Gasteiger partial charge in [0.25, 0.3) is 0 Å². The fraction of sp³-hybridized carbons (Fsp3) is 0.412. The summed E-state index contributed by atoms with van der Waals surface area (Å²) < 4.78 is 5.35. The topological polar surface area (TPSA) is 45.4 Å². The summed E-state index contributed by atoms with van der Waals surface area (Å²) in [7, 11) is 0. The number of hydrogen-bond donors (Lipinski definition) is 2. The third-order valence-electron chi connectivity index (χ3n) is 3.37. The maximum absolute atomic E-state index is 8.88. The molecule has 20 heavy (non-hydrogen) atoms. The average Bonchev–Trinajstić information content (AvgIpc) is 2.97. The van der Waals surface area contributed by atoms with Gasteiger partial charge >= 0.3 is 0 Å². The second kappa shape index (κ2) is 7.75. The highest BCUT2D eigenvalue weighted by molar-refractivity contribution is 5.46. The van der Waals surface area contributed by atoms with Crippen LogP contribution < -0.4 is 5.32 Å². The van der Waals surface area contributed by atoms with Crippen molar-refractivity contribution in [2.75, 3.05) is 11.9 Å². The molecular formula is C17H23NO2. The zero-order valence-electron chi connectivity index (χ0n) is 12.0. The Morgan fingerprint density at radius 1 is 1.20 bits per heavy atom. The SMILES string of the molecule is CC(CCc1ccco1)Nc1cccc(CCCO)c1. The molecular weight excluding hydrogens is 250 g/mol. The van der Waals surface area contributed by atoms with Gasteiger partial charge in [-0.1, -0.05) is 12.1 Å². The van der Waals surface area contributed by atoms with E-state index in [2.05, 4.69) is 36.5 Å². The fourth-order valence-corrected chi connectivity index (χ4v) is 2.27. The monoisotopic (exact) mass is 273 g/mol. The highest BCUT2D eigenvalue weighted by atomic mass is 16.3. The smallest absolute Gasteiger partial charge is 0.103 e. The molecule has 0 bridgehead atoms. The third-order valence-corrected chi connectivity index (χ3v) is 3.37. The van der Waals surface area contributed by atoms with Crippen LogP contribution in [-0.2, 0) is 12.8 Å². The molecule has 1 atom stereocenters. The number of anilines is 1. The second-order valence-electron chi connectivity index (χ2n) is 5.19. The molecule has 0 fully saturated rings. The van der Waals surface area contributed by atoms with Crippen LogP contribution in [0.2, 0.25) is 0 Å². The molecule has 1 unspecified atom stereocenters. The first-order valence-corrected chi connectivity index (χ1v) is 7.26. The number of aliphatic hydroxyl groups excluding tert-OH is 1. The summed E-state index contributed by atoms with van der Waals surface area (Å²) in [5.41, 5.74) is 2.41. The van der Waals surface area contributed by atoms with E-state index in [1.165, 1.54) is 5.56 Å². The van der Waals surface area contributed by atoms with Crippen LogP contribution in [-0.4, -0.2) is 17.8 Å². The van der Waals surface area contributed by atoms with Crippen LogP contribution in [0.4, 0.5) is 5.69 Å². The summed E-state index contributed by atoms with van der Waals surface area (Å²) >= 11 is 0. The molecule has 0 saturated carbocycles. The molecule has 1 aromatic carbocycles. The van der Waals surface area contributed by atoms with E-state index in [0.29, 0.717) is 6.04 Å². The van der Waals surface area contributed by atoms with Crippen molar-refractivity contribution < 1.29 is 9.52 Å². The highest BCUT2D eigenvalue weighted by Gasteiger charge is 2.05. The average molecular weight is 273 g/mol. The van der Waals surface area contributed by atoms with Crippen molar-refractivity contribution >= 4 is 5.69 Å². The number of furan rings is 1. The molecule has 0 saturated heterocycles. The van der Waals surface area contributed by atoms with Crippen molar-refractivity contribution in [1.82, 2.24) is 0 Å². The first-order chi connectivity index (χ1) is 9.78. The van der Waals surface area contributed by atoms with Crippen LogP contribution in [0, 0.1) is 0 Å². The lowest BCUT2D eigenvalue weighted by molar-refractivity contribution is 0.288. The molecule has 108 valence electrons. The van der Waals surface area contributed by atoms with E-state index in [1.807, 2.05) is 12.1 Å². The molecule has 0 aliphatic heterocycles. The van der Waals surface area contributed by atoms with Gasteiger partial charge < -0.3 is 14.8 Å². The Balaban J connectivity index is 1.82. The molecule has 2 rings (SSSR count). The predicted molar refractivity (Wildman–Crippen MR) is 82.0 cm³/mol. The van der Waals surface area contributed by atoms with Crippen molar-refractivity contribution in [1.29, 1.82) is 0 Å². The fourth-order valence-electron chi connectivity index (χ4n) is 2.27. The number of aryl methyl sites for hydroxylation is 2. The number of benzene rings is 1. The molecule has 0 spiro atoms. The quantitative estimate of drug-likeness (QED) is 0.772. The lowest BCUT2D eigenvalue weighted by Gasteiger charge is -2.15. The second-order valence-corrected chi connectivity index (χ2v) is 5.19. The number of aliphatic hydroxyl groups is 1. The van der Waals surface area contributed by atoms with Crippen LogP contribution in [0.25, 0.3) is 0 Å². The molecule has 0 aliphatic rings. The summed E-state index contributed by atoms with van der Waals surface area (Å²) in [6.45, 7) is 2.43. The predicted octanol–water partition coefficient (Wildman–Crippen LogP) is 3.64. The zero-order valence-corrected chi connectivity index (χ0v) is 12.0. The van der Waals surface area contributed by atoms with Gasteiger partial charge in [0.1, 0.15) is 5.76 Å². The zero-order chi connectivity index (χ0) is 14.2. The minimum atomic E-state index is 0.247. The molecule has 3 heteroatoms. The normalized spacial score (nSPS) is 12.3. The Morgan fingerprint density at radius 2 is 2.10 bits per heavy atom. The van der Waals surface area contributed by atoms with E-state index in [9.17, 15) is 0 Å². The first-order valence-electron chi connectivity index (χ1n) is 7.26. The Bertz CT molecular complexity index is 493. The maximum atomic E-state index is 8.88. The minimum absolute atomic E-state index is 0.247. The summed E-state index contributed by atoms with van der Waals surface area (Å²) in [5.74, 6) is 1.04. The van der Waals surface area contributed by atoms with Crippen molar-refractivity contribution in [3.8, 4) is 0 Å². The Kier molecular flexibility index (Phi) is 5.69. The Morgan fingerprint density at radius 3 is 2.85 bits per heavy atom. The van der Waals surface area contributed by atoms with Gasteiger partial charge in [-0.15, -0.1) is 0 Å². The van der Waals surface area contributed by atoms with E-state index in [0.717, 1.165) is 37.1 Å². The van der Waals surface area contributed by atoms with Gasteiger partial charge in [0.2, 0.25) is 0 Å². The van der Waals surface area contributed by atoms with E-state index < -0.39 is 0 Å². The third kappa shape index (κ3) is 4.74. The van der Waals surface area contributed by atoms with Gasteiger partial charge in [-0.25, -0.2) is 0 Å². The summed E-state index contributed by atoms with van der Waals surface area (Å²) in [5, 5.41) is 12.4. The number of rotatable bonds is 8. The molecule has 2 aromatic rings.